The van der Waals surface area contributed by atoms with Crippen LogP contribution in [0, 0.1) is 6.92 Å². The number of hydrogen-bond donors (Lipinski definition) is 2. The van der Waals surface area contributed by atoms with E-state index >= 15 is 0 Å². The third-order valence-electron chi connectivity index (χ3n) is 4.22. The number of aryl methyl sites for hydroxylation is 2. The minimum absolute atomic E-state index is 0.103. The zero-order valence-corrected chi connectivity index (χ0v) is 15.8. The molecule has 0 saturated heterocycles. The van der Waals surface area contributed by atoms with E-state index in [0.717, 1.165) is 12.0 Å². The fourth-order valence-electron chi connectivity index (χ4n) is 2.59. The predicted octanol–water partition coefficient (Wildman–Crippen LogP) is 4.42. The number of hydrogen-bond acceptors (Lipinski definition) is 4. The highest BCUT2D eigenvalue weighted by atomic mass is 16.5. The SMILES string of the molecule is CCc1ccc(OCC(=O)Nc2cc(NC(=O)c3ccco3)ccc2C)cc1. The van der Waals surface area contributed by atoms with Crippen molar-refractivity contribution in [2.24, 2.45) is 0 Å². The maximum atomic E-state index is 12.2. The molecule has 0 aliphatic carbocycles. The summed E-state index contributed by atoms with van der Waals surface area (Å²) in [6, 6.07) is 16.1. The zero-order valence-electron chi connectivity index (χ0n) is 15.8. The van der Waals surface area contributed by atoms with Crippen LogP contribution in [0.15, 0.2) is 65.3 Å². The Kier molecular flexibility index (Phi) is 6.11. The predicted molar refractivity (Wildman–Crippen MR) is 108 cm³/mol. The Morgan fingerprint density at radius 1 is 1.04 bits per heavy atom. The van der Waals surface area contributed by atoms with Gasteiger partial charge in [-0.15, -0.1) is 0 Å². The molecule has 0 radical (unpaired) electrons. The van der Waals surface area contributed by atoms with Crippen LogP contribution in [0.2, 0.25) is 0 Å². The third kappa shape index (κ3) is 5.01. The van der Waals surface area contributed by atoms with Gasteiger partial charge in [0, 0.05) is 11.4 Å². The maximum Gasteiger partial charge on any atom is 0.291 e. The maximum absolute atomic E-state index is 12.2. The number of nitrogens with one attached hydrogen (secondary N) is 2. The number of furan rings is 1. The molecule has 144 valence electrons. The van der Waals surface area contributed by atoms with Crippen molar-refractivity contribution in [1.29, 1.82) is 0 Å². The summed E-state index contributed by atoms with van der Waals surface area (Å²) in [5.74, 6) is 0.222. The molecule has 1 heterocycles. The smallest absolute Gasteiger partial charge is 0.291 e. The lowest BCUT2D eigenvalue weighted by Gasteiger charge is -2.12. The third-order valence-corrected chi connectivity index (χ3v) is 4.22. The van der Waals surface area contributed by atoms with Crippen molar-refractivity contribution in [3.63, 3.8) is 0 Å². The second-order valence-corrected chi connectivity index (χ2v) is 6.30. The quantitative estimate of drug-likeness (QED) is 0.638. The number of carbonyl (C=O) groups is 2. The van der Waals surface area contributed by atoms with Crippen molar-refractivity contribution in [2.75, 3.05) is 17.2 Å². The Bertz CT molecular complexity index is 947. The Balaban J connectivity index is 1.59. The molecule has 0 saturated carbocycles. The molecule has 2 N–H and O–H groups in total. The second-order valence-electron chi connectivity index (χ2n) is 6.30. The molecule has 0 aliphatic heterocycles. The summed E-state index contributed by atoms with van der Waals surface area (Å²) in [5.41, 5.74) is 3.24. The van der Waals surface area contributed by atoms with Gasteiger partial charge in [-0.1, -0.05) is 25.1 Å². The van der Waals surface area contributed by atoms with Gasteiger partial charge in [0.25, 0.3) is 11.8 Å². The number of amides is 2. The summed E-state index contributed by atoms with van der Waals surface area (Å²) in [7, 11) is 0. The molecule has 0 spiro atoms. The average molecular weight is 378 g/mol. The number of benzene rings is 2. The molecule has 0 unspecified atom stereocenters. The normalized spacial score (nSPS) is 10.4. The van der Waals surface area contributed by atoms with E-state index in [2.05, 4.69) is 17.6 Å². The summed E-state index contributed by atoms with van der Waals surface area (Å²) < 4.78 is 10.6. The molecule has 3 aromatic rings. The summed E-state index contributed by atoms with van der Waals surface area (Å²) >= 11 is 0. The molecular weight excluding hydrogens is 356 g/mol. The summed E-state index contributed by atoms with van der Waals surface area (Å²) in [6.07, 6.45) is 2.39. The van der Waals surface area contributed by atoms with Crippen LogP contribution in [0.4, 0.5) is 11.4 Å². The van der Waals surface area contributed by atoms with Gasteiger partial charge in [-0.2, -0.15) is 0 Å². The summed E-state index contributed by atoms with van der Waals surface area (Å²) in [6.45, 7) is 3.85. The summed E-state index contributed by atoms with van der Waals surface area (Å²) in [4.78, 5) is 24.3. The molecule has 0 aliphatic rings. The second kappa shape index (κ2) is 8.90. The first-order chi connectivity index (χ1) is 13.5. The molecule has 6 nitrogen and oxygen atoms in total. The molecule has 6 heteroatoms. The Morgan fingerprint density at radius 3 is 2.50 bits per heavy atom. The van der Waals surface area contributed by atoms with Gasteiger partial charge in [-0.05, 0) is 60.9 Å². The highest BCUT2D eigenvalue weighted by Gasteiger charge is 2.11. The van der Waals surface area contributed by atoms with Gasteiger partial charge in [0.15, 0.2) is 12.4 Å². The fraction of sp³-hybridized carbons (Fsp3) is 0.182. The Hall–Kier alpha value is -3.54. The highest BCUT2D eigenvalue weighted by Crippen LogP contribution is 2.21. The minimum atomic E-state index is -0.356. The van der Waals surface area contributed by atoms with Crippen LogP contribution in [0.5, 0.6) is 5.75 Å². The molecule has 2 aromatic carbocycles. The van der Waals surface area contributed by atoms with Crippen molar-refractivity contribution < 1.29 is 18.7 Å². The lowest BCUT2D eigenvalue weighted by Crippen LogP contribution is -2.21. The lowest BCUT2D eigenvalue weighted by molar-refractivity contribution is -0.118. The van der Waals surface area contributed by atoms with Gasteiger partial charge in [-0.25, -0.2) is 0 Å². The van der Waals surface area contributed by atoms with E-state index in [4.69, 9.17) is 9.15 Å². The van der Waals surface area contributed by atoms with Gasteiger partial charge in [0.1, 0.15) is 5.75 Å². The molecule has 0 bridgehead atoms. The van der Waals surface area contributed by atoms with Crippen LogP contribution in [-0.4, -0.2) is 18.4 Å². The lowest BCUT2D eigenvalue weighted by atomic mass is 10.1. The van der Waals surface area contributed by atoms with E-state index in [0.29, 0.717) is 17.1 Å². The first-order valence-electron chi connectivity index (χ1n) is 9.02. The van der Waals surface area contributed by atoms with E-state index in [9.17, 15) is 9.59 Å². The van der Waals surface area contributed by atoms with Gasteiger partial charge < -0.3 is 19.8 Å². The molecule has 1 aromatic heterocycles. The van der Waals surface area contributed by atoms with E-state index < -0.39 is 0 Å². The van der Waals surface area contributed by atoms with Crippen LogP contribution < -0.4 is 15.4 Å². The van der Waals surface area contributed by atoms with Gasteiger partial charge in [0.05, 0.1) is 6.26 Å². The fourth-order valence-corrected chi connectivity index (χ4v) is 2.59. The van der Waals surface area contributed by atoms with Crippen molar-refractivity contribution in [3.8, 4) is 5.75 Å². The number of rotatable bonds is 7. The first kappa shape index (κ1) is 19.2. The molecule has 0 atom stereocenters. The highest BCUT2D eigenvalue weighted by molar-refractivity contribution is 6.03. The van der Waals surface area contributed by atoms with Crippen molar-refractivity contribution in [1.82, 2.24) is 0 Å². The van der Waals surface area contributed by atoms with Gasteiger partial charge in [-0.3, -0.25) is 9.59 Å². The van der Waals surface area contributed by atoms with Crippen molar-refractivity contribution in [2.45, 2.75) is 20.3 Å². The van der Waals surface area contributed by atoms with Crippen molar-refractivity contribution >= 4 is 23.2 Å². The van der Waals surface area contributed by atoms with E-state index in [-0.39, 0.29) is 24.2 Å². The molecule has 3 rings (SSSR count). The Labute approximate surface area is 163 Å². The van der Waals surface area contributed by atoms with Crippen LogP contribution >= 0.6 is 0 Å². The number of carbonyl (C=O) groups excluding carboxylic acids is 2. The monoisotopic (exact) mass is 378 g/mol. The number of anilines is 2. The minimum Gasteiger partial charge on any atom is -0.484 e. The topological polar surface area (TPSA) is 80.6 Å². The zero-order chi connectivity index (χ0) is 19.9. The van der Waals surface area contributed by atoms with E-state index in [1.54, 1.807) is 24.3 Å². The van der Waals surface area contributed by atoms with Crippen LogP contribution in [-0.2, 0) is 11.2 Å². The van der Waals surface area contributed by atoms with E-state index in [1.807, 2.05) is 37.3 Å². The Morgan fingerprint density at radius 2 is 1.82 bits per heavy atom. The van der Waals surface area contributed by atoms with Crippen LogP contribution in [0.25, 0.3) is 0 Å². The first-order valence-corrected chi connectivity index (χ1v) is 9.02. The van der Waals surface area contributed by atoms with Crippen molar-refractivity contribution in [3.05, 3.63) is 77.7 Å². The molecule has 28 heavy (non-hydrogen) atoms. The standard InChI is InChI=1S/C22H22N2O4/c1-3-16-7-10-18(11-8-16)28-14-21(25)24-19-13-17(9-6-15(19)2)23-22(26)20-5-4-12-27-20/h4-13H,3,14H2,1-2H3,(H,23,26)(H,24,25). The van der Waals surface area contributed by atoms with Crippen LogP contribution in [0.1, 0.15) is 28.6 Å². The molecule has 0 fully saturated rings. The average Bonchev–Trinajstić information content (AvgIpc) is 3.24. The largest absolute Gasteiger partial charge is 0.484 e. The van der Waals surface area contributed by atoms with Gasteiger partial charge >= 0.3 is 0 Å². The molecule has 2 amide bonds. The van der Waals surface area contributed by atoms with E-state index in [1.165, 1.54) is 11.8 Å². The molecular formula is C22H22N2O4. The van der Waals surface area contributed by atoms with Crippen LogP contribution in [0.3, 0.4) is 0 Å². The number of ether oxygens (including phenoxy) is 1. The summed E-state index contributed by atoms with van der Waals surface area (Å²) in [5, 5.41) is 5.55. The van der Waals surface area contributed by atoms with Gasteiger partial charge in [0.2, 0.25) is 0 Å².